The molecule has 7 heteroatoms. The lowest BCUT2D eigenvalue weighted by atomic mass is 9.96. The van der Waals surface area contributed by atoms with E-state index in [0.29, 0.717) is 35.8 Å². The van der Waals surface area contributed by atoms with E-state index in [0.717, 1.165) is 23.7 Å². The molecule has 0 bridgehead atoms. The molecule has 2 amide bonds. The van der Waals surface area contributed by atoms with E-state index in [9.17, 15) is 9.59 Å². The van der Waals surface area contributed by atoms with E-state index >= 15 is 0 Å². The Balaban J connectivity index is 1.45. The minimum Gasteiger partial charge on any atom is -0.497 e. The number of hydrogen-bond donors (Lipinski definition) is 2. The van der Waals surface area contributed by atoms with Crippen molar-refractivity contribution in [2.75, 3.05) is 32.6 Å². The van der Waals surface area contributed by atoms with E-state index in [1.807, 2.05) is 30.5 Å². The second-order valence-corrected chi connectivity index (χ2v) is 7.46. The molecule has 1 fully saturated rings. The third-order valence-electron chi connectivity index (χ3n) is 5.50. The number of benzene rings is 2. The van der Waals surface area contributed by atoms with Crippen LogP contribution < -0.4 is 14.8 Å². The highest BCUT2D eigenvalue weighted by Gasteiger charge is 2.29. The lowest BCUT2D eigenvalue weighted by Gasteiger charge is -2.32. The molecule has 0 saturated carbocycles. The lowest BCUT2D eigenvalue weighted by molar-refractivity contribution is -0.121. The van der Waals surface area contributed by atoms with Crippen molar-refractivity contribution >= 4 is 28.4 Å². The second kappa shape index (κ2) is 8.49. The van der Waals surface area contributed by atoms with Crippen LogP contribution in [0.1, 0.15) is 23.2 Å². The maximum atomic E-state index is 13.0. The van der Waals surface area contributed by atoms with E-state index in [1.165, 1.54) is 0 Å². The fourth-order valence-corrected chi connectivity index (χ4v) is 3.86. The summed E-state index contributed by atoms with van der Waals surface area (Å²) in [7, 11) is 3.13. The van der Waals surface area contributed by atoms with E-state index in [-0.39, 0.29) is 17.7 Å². The van der Waals surface area contributed by atoms with Gasteiger partial charge in [0.1, 0.15) is 11.5 Å². The maximum absolute atomic E-state index is 13.0. The maximum Gasteiger partial charge on any atom is 0.253 e. The van der Waals surface area contributed by atoms with Gasteiger partial charge < -0.3 is 24.7 Å². The number of likely N-dealkylation sites (tertiary alicyclic amines) is 1. The zero-order valence-electron chi connectivity index (χ0n) is 17.1. The predicted octanol–water partition coefficient (Wildman–Crippen LogP) is 3.68. The van der Waals surface area contributed by atoms with Crippen LogP contribution >= 0.6 is 0 Å². The van der Waals surface area contributed by atoms with Crippen LogP contribution in [0.3, 0.4) is 0 Å². The zero-order valence-corrected chi connectivity index (χ0v) is 17.1. The number of hydrogen-bond acceptors (Lipinski definition) is 4. The number of fused-ring (bicyclic) bond motifs is 1. The van der Waals surface area contributed by atoms with Crippen molar-refractivity contribution in [3.8, 4) is 11.5 Å². The summed E-state index contributed by atoms with van der Waals surface area (Å²) >= 11 is 0. The van der Waals surface area contributed by atoms with Crippen molar-refractivity contribution in [2.45, 2.75) is 12.8 Å². The van der Waals surface area contributed by atoms with Crippen LogP contribution in [-0.4, -0.2) is 49.0 Å². The van der Waals surface area contributed by atoms with Gasteiger partial charge in [0, 0.05) is 54.3 Å². The number of carbonyl (C=O) groups is 2. The molecule has 0 radical (unpaired) electrons. The number of anilines is 1. The molecule has 1 aliphatic heterocycles. The van der Waals surface area contributed by atoms with Gasteiger partial charge in [0.25, 0.3) is 5.91 Å². The van der Waals surface area contributed by atoms with Gasteiger partial charge in [0.05, 0.1) is 20.1 Å². The van der Waals surface area contributed by atoms with E-state index in [4.69, 9.17) is 9.47 Å². The molecule has 0 unspecified atom stereocenters. The Kier molecular flexibility index (Phi) is 5.61. The molecule has 1 atom stereocenters. The quantitative estimate of drug-likeness (QED) is 0.676. The first kappa shape index (κ1) is 19.8. The Hall–Kier alpha value is -3.48. The normalized spacial score (nSPS) is 16.3. The molecular formula is C23H25N3O4. The smallest absolute Gasteiger partial charge is 0.253 e. The minimum atomic E-state index is -0.269. The molecule has 2 N–H and O–H groups in total. The first-order chi connectivity index (χ1) is 14.6. The van der Waals surface area contributed by atoms with Crippen LogP contribution in [0.25, 0.3) is 10.9 Å². The summed E-state index contributed by atoms with van der Waals surface area (Å²) < 4.78 is 10.5. The Morgan fingerprint density at radius 3 is 2.57 bits per heavy atom. The topological polar surface area (TPSA) is 83.7 Å². The second-order valence-electron chi connectivity index (χ2n) is 7.46. The van der Waals surface area contributed by atoms with Crippen molar-refractivity contribution in [3.05, 3.63) is 54.2 Å². The molecule has 1 aromatic heterocycles. The monoisotopic (exact) mass is 407 g/mol. The van der Waals surface area contributed by atoms with Crippen LogP contribution in [0.4, 0.5) is 5.69 Å². The number of aromatic amines is 1. The molecule has 7 nitrogen and oxygen atoms in total. The molecule has 1 aliphatic rings. The highest BCUT2D eigenvalue weighted by Crippen LogP contribution is 2.27. The Labute approximate surface area is 175 Å². The number of ether oxygens (including phenoxy) is 2. The Morgan fingerprint density at radius 2 is 1.83 bits per heavy atom. The molecular weight excluding hydrogens is 382 g/mol. The Bertz CT molecular complexity index is 1050. The number of amides is 2. The SMILES string of the molecule is COc1cc(NC(=O)[C@H]2CCCN(C(=O)c3ccc4cc[nH]c4c3)C2)cc(OC)c1. The average molecular weight is 407 g/mol. The molecule has 2 heterocycles. The highest BCUT2D eigenvalue weighted by atomic mass is 16.5. The van der Waals surface area contributed by atoms with Gasteiger partial charge in [-0.3, -0.25) is 9.59 Å². The third kappa shape index (κ3) is 4.10. The van der Waals surface area contributed by atoms with Crippen molar-refractivity contribution in [1.29, 1.82) is 0 Å². The zero-order chi connectivity index (χ0) is 21.1. The summed E-state index contributed by atoms with van der Waals surface area (Å²) in [6.07, 6.45) is 3.39. The molecule has 156 valence electrons. The van der Waals surface area contributed by atoms with Crippen LogP contribution in [0, 0.1) is 5.92 Å². The Morgan fingerprint density at radius 1 is 1.07 bits per heavy atom. The minimum absolute atomic E-state index is 0.0490. The van der Waals surface area contributed by atoms with Crippen molar-refractivity contribution in [1.82, 2.24) is 9.88 Å². The van der Waals surface area contributed by atoms with Crippen LogP contribution in [-0.2, 0) is 4.79 Å². The fraction of sp³-hybridized carbons (Fsp3) is 0.304. The number of aromatic nitrogens is 1. The standard InChI is InChI=1S/C23H25N3O4/c1-29-19-11-18(12-20(13-19)30-2)25-22(27)17-4-3-9-26(14-17)23(28)16-6-5-15-7-8-24-21(15)10-16/h5-8,10-13,17,24H,3-4,9,14H2,1-2H3,(H,25,27)/t17-/m0/s1. The number of nitrogens with one attached hydrogen (secondary N) is 2. The fourth-order valence-electron chi connectivity index (χ4n) is 3.86. The van der Waals surface area contributed by atoms with Gasteiger partial charge in [-0.15, -0.1) is 0 Å². The van der Waals surface area contributed by atoms with Gasteiger partial charge in [0.15, 0.2) is 0 Å². The molecule has 30 heavy (non-hydrogen) atoms. The van der Waals surface area contributed by atoms with Crippen LogP contribution in [0.15, 0.2) is 48.7 Å². The van der Waals surface area contributed by atoms with E-state index < -0.39 is 0 Å². The number of nitrogens with zero attached hydrogens (tertiary/aromatic N) is 1. The van der Waals surface area contributed by atoms with Gasteiger partial charge in [-0.1, -0.05) is 6.07 Å². The third-order valence-corrected chi connectivity index (χ3v) is 5.50. The average Bonchev–Trinajstić information content (AvgIpc) is 3.26. The number of methoxy groups -OCH3 is 2. The summed E-state index contributed by atoms with van der Waals surface area (Å²) in [5.41, 5.74) is 2.17. The van der Waals surface area contributed by atoms with Gasteiger partial charge in [0.2, 0.25) is 5.91 Å². The summed E-state index contributed by atoms with van der Waals surface area (Å²) in [6.45, 7) is 1.05. The van der Waals surface area contributed by atoms with Crippen molar-refractivity contribution in [3.63, 3.8) is 0 Å². The predicted molar refractivity (Wildman–Crippen MR) is 115 cm³/mol. The first-order valence-electron chi connectivity index (χ1n) is 9.97. The van der Waals surface area contributed by atoms with Gasteiger partial charge in [-0.2, -0.15) is 0 Å². The molecule has 1 saturated heterocycles. The highest BCUT2D eigenvalue weighted by molar-refractivity contribution is 5.99. The van der Waals surface area contributed by atoms with Gasteiger partial charge >= 0.3 is 0 Å². The van der Waals surface area contributed by atoms with Crippen molar-refractivity contribution in [2.24, 2.45) is 5.92 Å². The first-order valence-corrected chi connectivity index (χ1v) is 9.97. The molecule has 4 rings (SSSR count). The summed E-state index contributed by atoms with van der Waals surface area (Å²) in [5.74, 6) is 0.776. The lowest BCUT2D eigenvalue weighted by Crippen LogP contribution is -2.43. The van der Waals surface area contributed by atoms with Crippen LogP contribution in [0.2, 0.25) is 0 Å². The van der Waals surface area contributed by atoms with Gasteiger partial charge in [-0.05, 0) is 36.4 Å². The van der Waals surface area contributed by atoms with Crippen LogP contribution in [0.5, 0.6) is 11.5 Å². The number of carbonyl (C=O) groups excluding carboxylic acids is 2. The molecule has 3 aromatic rings. The summed E-state index contributed by atoms with van der Waals surface area (Å²) in [4.78, 5) is 30.8. The summed E-state index contributed by atoms with van der Waals surface area (Å²) in [5, 5.41) is 4.01. The number of piperidine rings is 1. The molecule has 0 spiro atoms. The van der Waals surface area contributed by atoms with E-state index in [2.05, 4.69) is 10.3 Å². The molecule has 2 aromatic carbocycles. The van der Waals surface area contributed by atoms with Crippen molar-refractivity contribution < 1.29 is 19.1 Å². The molecule has 0 aliphatic carbocycles. The largest absolute Gasteiger partial charge is 0.497 e. The van der Waals surface area contributed by atoms with E-state index in [1.54, 1.807) is 37.3 Å². The number of H-pyrrole nitrogens is 1. The summed E-state index contributed by atoms with van der Waals surface area (Å²) in [6, 6.07) is 12.9. The van der Waals surface area contributed by atoms with Gasteiger partial charge in [-0.25, -0.2) is 0 Å². The number of rotatable bonds is 5.